The second-order valence-electron chi connectivity index (χ2n) is 6.33. The fourth-order valence-electron chi connectivity index (χ4n) is 2.78. The summed E-state index contributed by atoms with van der Waals surface area (Å²) >= 11 is 7.29. The van der Waals surface area contributed by atoms with E-state index >= 15 is 0 Å². The average Bonchev–Trinajstić information content (AvgIpc) is 3.15. The quantitative estimate of drug-likeness (QED) is 0.485. The van der Waals surface area contributed by atoms with Gasteiger partial charge in [0.2, 0.25) is 5.91 Å². The summed E-state index contributed by atoms with van der Waals surface area (Å²) in [6.45, 7) is 0.387. The molecule has 0 bridgehead atoms. The number of amides is 1. The van der Waals surface area contributed by atoms with Gasteiger partial charge in [-0.25, -0.2) is 4.98 Å². The van der Waals surface area contributed by atoms with Gasteiger partial charge in [-0.1, -0.05) is 35.5 Å². The van der Waals surface area contributed by atoms with Crippen molar-refractivity contribution < 1.29 is 19.4 Å². The van der Waals surface area contributed by atoms with E-state index in [1.54, 1.807) is 31.5 Å². The Hall–Kier alpha value is -2.68. The highest BCUT2D eigenvalue weighted by atomic mass is 35.5. The average molecular weight is 448 g/mol. The van der Waals surface area contributed by atoms with Gasteiger partial charge in [0.05, 0.1) is 38.0 Å². The number of carbonyl (C=O) groups is 1. The lowest BCUT2D eigenvalue weighted by molar-refractivity contribution is -0.113. The third-order valence-electron chi connectivity index (χ3n) is 4.23. The summed E-state index contributed by atoms with van der Waals surface area (Å²) in [6.07, 6.45) is 1.78. The monoisotopic (exact) mass is 447 g/mol. The van der Waals surface area contributed by atoms with Gasteiger partial charge in [-0.05, 0) is 35.9 Å². The van der Waals surface area contributed by atoms with Crippen LogP contribution >= 0.6 is 23.4 Å². The zero-order chi connectivity index (χ0) is 21.5. The van der Waals surface area contributed by atoms with E-state index in [1.807, 2.05) is 28.8 Å². The number of hydrogen-bond donors (Lipinski definition) is 2. The first kappa shape index (κ1) is 22.0. The topological polar surface area (TPSA) is 85.6 Å². The van der Waals surface area contributed by atoms with E-state index in [4.69, 9.17) is 21.1 Å². The molecule has 1 aromatic heterocycles. The maximum absolute atomic E-state index is 12.5. The molecule has 1 amide bonds. The smallest absolute Gasteiger partial charge is 0.234 e. The van der Waals surface area contributed by atoms with Gasteiger partial charge in [0.1, 0.15) is 11.5 Å². The van der Waals surface area contributed by atoms with Gasteiger partial charge >= 0.3 is 0 Å². The SMILES string of the molecule is COc1ccc(Cn2cc(CO)nc2SCC(=O)Nc2cc(Cl)ccc2OC)cc1. The van der Waals surface area contributed by atoms with Crippen molar-refractivity contribution in [3.05, 3.63) is 64.9 Å². The third-order valence-corrected chi connectivity index (χ3v) is 5.46. The summed E-state index contributed by atoms with van der Waals surface area (Å²) in [4.78, 5) is 16.9. The molecule has 3 rings (SSSR count). The van der Waals surface area contributed by atoms with Crippen LogP contribution in [0.2, 0.25) is 5.02 Å². The molecule has 2 aromatic carbocycles. The third kappa shape index (κ3) is 5.69. The maximum atomic E-state index is 12.5. The van der Waals surface area contributed by atoms with Crippen LogP contribution in [-0.4, -0.2) is 40.5 Å². The van der Waals surface area contributed by atoms with E-state index in [2.05, 4.69) is 10.3 Å². The molecule has 3 aromatic rings. The Morgan fingerprint density at radius 2 is 1.97 bits per heavy atom. The summed E-state index contributed by atoms with van der Waals surface area (Å²) in [5.74, 6) is 1.23. The molecule has 0 aliphatic heterocycles. The van der Waals surface area contributed by atoms with Crippen molar-refractivity contribution in [3.8, 4) is 11.5 Å². The highest BCUT2D eigenvalue weighted by molar-refractivity contribution is 7.99. The van der Waals surface area contributed by atoms with E-state index in [-0.39, 0.29) is 18.3 Å². The number of nitrogens with zero attached hydrogens (tertiary/aromatic N) is 2. The number of rotatable bonds is 9. The van der Waals surface area contributed by atoms with Crippen LogP contribution in [0.3, 0.4) is 0 Å². The first-order chi connectivity index (χ1) is 14.5. The Labute approximate surface area is 184 Å². The summed E-state index contributed by atoms with van der Waals surface area (Å²) in [6, 6.07) is 12.7. The van der Waals surface area contributed by atoms with Gasteiger partial charge in [-0.15, -0.1) is 0 Å². The first-order valence-electron chi connectivity index (χ1n) is 9.08. The molecule has 9 heteroatoms. The number of carbonyl (C=O) groups excluding carboxylic acids is 1. The maximum Gasteiger partial charge on any atom is 0.234 e. The van der Waals surface area contributed by atoms with Crippen LogP contribution in [0, 0.1) is 0 Å². The zero-order valence-electron chi connectivity index (χ0n) is 16.6. The Balaban J connectivity index is 1.68. The number of thioether (sulfide) groups is 1. The van der Waals surface area contributed by atoms with Gasteiger partial charge in [0, 0.05) is 17.8 Å². The molecule has 0 saturated carbocycles. The summed E-state index contributed by atoms with van der Waals surface area (Å²) in [7, 11) is 3.15. The molecule has 0 unspecified atom stereocenters. The Morgan fingerprint density at radius 1 is 1.20 bits per heavy atom. The summed E-state index contributed by atoms with van der Waals surface area (Å²) < 4.78 is 12.3. The molecule has 0 saturated heterocycles. The van der Waals surface area contributed by atoms with Crippen molar-refractivity contribution >= 4 is 35.0 Å². The molecule has 0 spiro atoms. The molecule has 158 valence electrons. The number of ether oxygens (including phenoxy) is 2. The minimum absolute atomic E-state index is 0.139. The van der Waals surface area contributed by atoms with Crippen molar-refractivity contribution in [2.75, 3.05) is 25.3 Å². The molecule has 0 fully saturated rings. The van der Waals surface area contributed by atoms with Crippen molar-refractivity contribution in [3.63, 3.8) is 0 Å². The number of aliphatic hydroxyl groups excluding tert-OH is 1. The highest BCUT2D eigenvalue weighted by Gasteiger charge is 2.13. The molecule has 30 heavy (non-hydrogen) atoms. The van der Waals surface area contributed by atoms with Crippen LogP contribution < -0.4 is 14.8 Å². The van der Waals surface area contributed by atoms with Crippen LogP contribution in [0.25, 0.3) is 0 Å². The Kier molecular flexibility index (Phi) is 7.62. The number of hydrogen-bond acceptors (Lipinski definition) is 6. The van der Waals surface area contributed by atoms with Crippen molar-refractivity contribution in [1.82, 2.24) is 9.55 Å². The molecule has 2 N–H and O–H groups in total. The van der Waals surface area contributed by atoms with E-state index < -0.39 is 0 Å². The molecule has 0 radical (unpaired) electrons. The van der Waals surface area contributed by atoms with Gasteiger partial charge in [-0.3, -0.25) is 4.79 Å². The van der Waals surface area contributed by atoms with E-state index in [1.165, 1.54) is 18.9 Å². The Bertz CT molecular complexity index is 1010. The lowest BCUT2D eigenvalue weighted by Crippen LogP contribution is -2.15. The number of nitrogens with one attached hydrogen (secondary N) is 1. The number of anilines is 1. The van der Waals surface area contributed by atoms with Crippen molar-refractivity contribution in [2.24, 2.45) is 0 Å². The highest BCUT2D eigenvalue weighted by Crippen LogP contribution is 2.28. The van der Waals surface area contributed by atoms with Gasteiger partial charge in [-0.2, -0.15) is 0 Å². The fourth-order valence-corrected chi connectivity index (χ4v) is 3.75. The fraction of sp³-hybridized carbons (Fsp3) is 0.238. The molecular formula is C21H22ClN3O4S. The van der Waals surface area contributed by atoms with Gasteiger partial charge < -0.3 is 24.5 Å². The number of aromatic nitrogens is 2. The predicted molar refractivity (Wildman–Crippen MR) is 118 cm³/mol. The van der Waals surface area contributed by atoms with Crippen molar-refractivity contribution in [2.45, 2.75) is 18.3 Å². The number of aliphatic hydroxyl groups is 1. The van der Waals surface area contributed by atoms with Crippen LogP contribution in [0.5, 0.6) is 11.5 Å². The molecule has 0 aliphatic carbocycles. The standard InChI is InChI=1S/C21H22ClN3O4S/c1-28-17-6-3-14(4-7-17)10-25-11-16(12-26)23-21(25)30-13-20(27)24-18-9-15(22)5-8-19(18)29-2/h3-9,11,26H,10,12-13H2,1-2H3,(H,24,27). The molecule has 1 heterocycles. The number of benzene rings is 2. The van der Waals surface area contributed by atoms with Gasteiger partial charge in [0.25, 0.3) is 0 Å². The second-order valence-corrected chi connectivity index (χ2v) is 7.71. The summed E-state index contributed by atoms with van der Waals surface area (Å²) in [5.41, 5.74) is 2.10. The largest absolute Gasteiger partial charge is 0.497 e. The summed E-state index contributed by atoms with van der Waals surface area (Å²) in [5, 5.41) is 13.4. The number of methoxy groups -OCH3 is 2. The van der Waals surface area contributed by atoms with Gasteiger partial charge in [0.15, 0.2) is 5.16 Å². The van der Waals surface area contributed by atoms with E-state index in [0.29, 0.717) is 33.9 Å². The Morgan fingerprint density at radius 3 is 2.63 bits per heavy atom. The predicted octanol–water partition coefficient (Wildman–Crippen LogP) is 3.83. The minimum atomic E-state index is -0.217. The normalized spacial score (nSPS) is 10.7. The molecule has 0 aliphatic rings. The van der Waals surface area contributed by atoms with E-state index in [9.17, 15) is 9.90 Å². The van der Waals surface area contributed by atoms with Crippen LogP contribution in [0.4, 0.5) is 5.69 Å². The molecule has 7 nitrogen and oxygen atoms in total. The number of imidazole rings is 1. The second kappa shape index (κ2) is 10.4. The van der Waals surface area contributed by atoms with Crippen LogP contribution in [-0.2, 0) is 17.9 Å². The van der Waals surface area contributed by atoms with Crippen molar-refractivity contribution in [1.29, 1.82) is 0 Å². The molecular weight excluding hydrogens is 426 g/mol. The minimum Gasteiger partial charge on any atom is -0.497 e. The lowest BCUT2D eigenvalue weighted by atomic mass is 10.2. The number of halogens is 1. The van der Waals surface area contributed by atoms with E-state index in [0.717, 1.165) is 11.3 Å². The first-order valence-corrected chi connectivity index (χ1v) is 10.4. The zero-order valence-corrected chi connectivity index (χ0v) is 18.2. The lowest BCUT2D eigenvalue weighted by Gasteiger charge is -2.11. The van der Waals surface area contributed by atoms with Crippen LogP contribution in [0.1, 0.15) is 11.3 Å². The molecule has 0 atom stereocenters. The van der Waals surface area contributed by atoms with Crippen LogP contribution in [0.15, 0.2) is 53.8 Å².